The van der Waals surface area contributed by atoms with Crippen molar-refractivity contribution in [1.29, 1.82) is 0 Å². The summed E-state index contributed by atoms with van der Waals surface area (Å²) >= 11 is 5.75. The first-order valence-electron chi connectivity index (χ1n) is 5.67. The molecule has 0 spiro atoms. The standard InChI is InChI=1S/C13H16ClNO4/c1-8(11(15)16)18-12(17)13(2,3)19-10-6-4-9(14)5-7-10/h4-8H,1-3H3,(H2,15,16)/t8-/m0/s1. The molecular weight excluding hydrogens is 270 g/mol. The maximum Gasteiger partial charge on any atom is 0.350 e. The summed E-state index contributed by atoms with van der Waals surface area (Å²) < 4.78 is 10.4. The third kappa shape index (κ3) is 4.44. The highest BCUT2D eigenvalue weighted by Crippen LogP contribution is 2.22. The van der Waals surface area contributed by atoms with Gasteiger partial charge in [0.2, 0.25) is 0 Å². The molecule has 1 amide bonds. The van der Waals surface area contributed by atoms with Crippen molar-refractivity contribution >= 4 is 23.5 Å². The highest BCUT2D eigenvalue weighted by molar-refractivity contribution is 6.30. The molecule has 0 saturated carbocycles. The summed E-state index contributed by atoms with van der Waals surface area (Å²) in [6.07, 6.45) is -0.999. The van der Waals surface area contributed by atoms with Gasteiger partial charge in [-0.2, -0.15) is 0 Å². The van der Waals surface area contributed by atoms with Gasteiger partial charge in [-0.05, 0) is 45.0 Å². The van der Waals surface area contributed by atoms with Crippen LogP contribution in [0.1, 0.15) is 20.8 Å². The Morgan fingerprint density at radius 2 is 1.79 bits per heavy atom. The zero-order valence-electron chi connectivity index (χ0n) is 11.0. The molecule has 0 fully saturated rings. The molecule has 0 aliphatic carbocycles. The smallest absolute Gasteiger partial charge is 0.350 e. The Balaban J connectivity index is 2.72. The van der Waals surface area contributed by atoms with Gasteiger partial charge in [-0.15, -0.1) is 0 Å². The van der Waals surface area contributed by atoms with Gasteiger partial charge in [-0.1, -0.05) is 11.6 Å². The van der Waals surface area contributed by atoms with Crippen LogP contribution in [0.5, 0.6) is 5.75 Å². The van der Waals surface area contributed by atoms with Gasteiger partial charge in [0, 0.05) is 5.02 Å². The Labute approximate surface area is 116 Å². The molecule has 0 radical (unpaired) electrons. The van der Waals surface area contributed by atoms with Gasteiger partial charge >= 0.3 is 5.97 Å². The van der Waals surface area contributed by atoms with E-state index in [0.717, 1.165) is 0 Å². The molecule has 1 aromatic rings. The van der Waals surface area contributed by atoms with Crippen LogP contribution in [0.25, 0.3) is 0 Å². The zero-order valence-corrected chi connectivity index (χ0v) is 11.7. The molecule has 0 saturated heterocycles. The summed E-state index contributed by atoms with van der Waals surface area (Å²) in [5.74, 6) is -0.914. The van der Waals surface area contributed by atoms with Crippen molar-refractivity contribution in [2.24, 2.45) is 5.73 Å². The number of rotatable bonds is 5. The van der Waals surface area contributed by atoms with Crippen molar-refractivity contribution in [3.05, 3.63) is 29.3 Å². The van der Waals surface area contributed by atoms with E-state index in [4.69, 9.17) is 26.8 Å². The van der Waals surface area contributed by atoms with E-state index in [1.807, 2.05) is 0 Å². The molecule has 6 heteroatoms. The fourth-order valence-electron chi connectivity index (χ4n) is 1.20. The number of esters is 1. The van der Waals surface area contributed by atoms with Crippen LogP contribution in [0.4, 0.5) is 0 Å². The molecular formula is C13H16ClNO4. The molecule has 1 atom stereocenters. The summed E-state index contributed by atoms with van der Waals surface area (Å²) in [6, 6.07) is 6.55. The molecule has 19 heavy (non-hydrogen) atoms. The van der Waals surface area contributed by atoms with Crippen LogP contribution in [0.2, 0.25) is 5.02 Å². The minimum atomic E-state index is -1.24. The van der Waals surface area contributed by atoms with Crippen molar-refractivity contribution < 1.29 is 19.1 Å². The topological polar surface area (TPSA) is 78.6 Å². The molecule has 5 nitrogen and oxygen atoms in total. The van der Waals surface area contributed by atoms with Crippen molar-refractivity contribution in [2.75, 3.05) is 0 Å². The average molecular weight is 286 g/mol. The highest BCUT2D eigenvalue weighted by atomic mass is 35.5. The van der Waals surface area contributed by atoms with Gasteiger partial charge in [0.1, 0.15) is 5.75 Å². The summed E-state index contributed by atoms with van der Waals surface area (Å²) in [6.45, 7) is 4.48. The highest BCUT2D eigenvalue weighted by Gasteiger charge is 2.34. The molecule has 1 rings (SSSR count). The van der Waals surface area contributed by atoms with Crippen LogP contribution in [0.3, 0.4) is 0 Å². The first kappa shape index (κ1) is 15.3. The van der Waals surface area contributed by atoms with Crippen LogP contribution in [-0.4, -0.2) is 23.6 Å². The summed E-state index contributed by atoms with van der Waals surface area (Å²) in [5.41, 5.74) is 3.79. The van der Waals surface area contributed by atoms with Crippen LogP contribution >= 0.6 is 11.6 Å². The van der Waals surface area contributed by atoms with Crippen LogP contribution in [0.15, 0.2) is 24.3 Å². The Kier molecular flexibility index (Phi) is 4.78. The van der Waals surface area contributed by atoms with E-state index < -0.39 is 23.6 Å². The lowest BCUT2D eigenvalue weighted by Crippen LogP contribution is -2.43. The number of carbonyl (C=O) groups is 2. The van der Waals surface area contributed by atoms with E-state index in [-0.39, 0.29) is 0 Å². The second kappa shape index (κ2) is 5.93. The number of carbonyl (C=O) groups excluding carboxylic acids is 2. The van der Waals surface area contributed by atoms with E-state index >= 15 is 0 Å². The summed E-state index contributed by atoms with van der Waals surface area (Å²) in [5, 5.41) is 0.565. The van der Waals surface area contributed by atoms with Crippen LogP contribution < -0.4 is 10.5 Å². The van der Waals surface area contributed by atoms with Gasteiger partial charge in [-0.3, -0.25) is 4.79 Å². The number of primary amides is 1. The average Bonchev–Trinajstić information content (AvgIpc) is 2.31. The number of amides is 1. The molecule has 2 N–H and O–H groups in total. The number of nitrogens with two attached hydrogens (primary N) is 1. The fourth-order valence-corrected chi connectivity index (χ4v) is 1.33. The predicted molar refractivity (Wildman–Crippen MR) is 70.9 cm³/mol. The zero-order chi connectivity index (χ0) is 14.6. The van der Waals surface area contributed by atoms with Gasteiger partial charge in [0.15, 0.2) is 11.7 Å². The van der Waals surface area contributed by atoms with Crippen molar-refractivity contribution in [1.82, 2.24) is 0 Å². The second-order valence-corrected chi connectivity index (χ2v) is 4.95. The lowest BCUT2D eigenvalue weighted by atomic mass is 10.1. The molecule has 0 aliphatic rings. The van der Waals surface area contributed by atoms with Gasteiger partial charge in [0.05, 0.1) is 0 Å². The van der Waals surface area contributed by atoms with Crippen molar-refractivity contribution in [3.8, 4) is 5.75 Å². The first-order chi connectivity index (χ1) is 8.72. The van der Waals surface area contributed by atoms with Crippen LogP contribution in [-0.2, 0) is 14.3 Å². The van der Waals surface area contributed by atoms with Crippen molar-refractivity contribution in [3.63, 3.8) is 0 Å². The van der Waals surface area contributed by atoms with E-state index in [0.29, 0.717) is 10.8 Å². The van der Waals surface area contributed by atoms with Crippen molar-refractivity contribution in [2.45, 2.75) is 32.5 Å². The number of hydrogen-bond acceptors (Lipinski definition) is 4. The minimum Gasteiger partial charge on any atom is -0.476 e. The second-order valence-electron chi connectivity index (χ2n) is 4.52. The molecule has 0 unspecified atom stereocenters. The molecule has 0 bridgehead atoms. The normalized spacial score (nSPS) is 12.6. The Morgan fingerprint density at radius 1 is 1.26 bits per heavy atom. The monoisotopic (exact) mass is 285 g/mol. The largest absolute Gasteiger partial charge is 0.476 e. The van der Waals surface area contributed by atoms with E-state index in [2.05, 4.69) is 0 Å². The maximum absolute atomic E-state index is 11.9. The number of halogens is 1. The van der Waals surface area contributed by atoms with E-state index in [1.165, 1.54) is 20.8 Å². The SMILES string of the molecule is C[C@H](OC(=O)C(C)(C)Oc1ccc(Cl)cc1)C(N)=O. The fraction of sp³-hybridized carbons (Fsp3) is 0.385. The number of benzene rings is 1. The Bertz CT molecular complexity index is 470. The molecule has 1 aromatic carbocycles. The van der Waals surface area contributed by atoms with Gasteiger partial charge in [0.25, 0.3) is 5.91 Å². The van der Waals surface area contributed by atoms with E-state index in [9.17, 15) is 9.59 Å². The quantitative estimate of drug-likeness (QED) is 0.838. The first-order valence-corrected chi connectivity index (χ1v) is 6.05. The molecule has 104 valence electrons. The molecule has 0 aromatic heterocycles. The predicted octanol–water partition coefficient (Wildman–Crippen LogP) is 1.91. The molecule has 0 heterocycles. The summed E-state index contributed by atoms with van der Waals surface area (Å²) in [4.78, 5) is 22.7. The number of hydrogen-bond donors (Lipinski definition) is 1. The van der Waals surface area contributed by atoms with Gasteiger partial charge in [-0.25, -0.2) is 4.79 Å². The van der Waals surface area contributed by atoms with Gasteiger partial charge < -0.3 is 15.2 Å². The van der Waals surface area contributed by atoms with Crippen LogP contribution in [0, 0.1) is 0 Å². The minimum absolute atomic E-state index is 0.470. The maximum atomic E-state index is 11.9. The lowest BCUT2D eigenvalue weighted by molar-refractivity contribution is -0.167. The Morgan fingerprint density at radius 3 is 2.26 bits per heavy atom. The Hall–Kier alpha value is -1.75. The third-order valence-corrected chi connectivity index (χ3v) is 2.61. The third-order valence-electron chi connectivity index (χ3n) is 2.36. The van der Waals surface area contributed by atoms with E-state index in [1.54, 1.807) is 24.3 Å². The lowest BCUT2D eigenvalue weighted by Gasteiger charge is -2.25. The summed E-state index contributed by atoms with van der Waals surface area (Å²) in [7, 11) is 0. The number of ether oxygens (including phenoxy) is 2. The molecule has 0 aliphatic heterocycles.